The third-order valence-electron chi connectivity index (χ3n) is 7.49. The standard InChI is InChI=1S/C30H34F3N3O6S/c1-4-12-21-24(35-17-5-2)25-23(22(26(21)43(34,40)41)18-19-13-8-6-9-14-19)28(3,42-20-15-10-7-11-16-20)29(39,27(37)38)36(25)30(31,32)33/h6-11,13-16,35,39H,4-5,12,17-18H2,1-3H3,(H,37,38)(H2,34,40,41). The Bertz CT molecular complexity index is 1600. The first-order chi connectivity index (χ1) is 20.1. The molecule has 0 fully saturated rings. The van der Waals surface area contributed by atoms with Gasteiger partial charge >= 0.3 is 12.3 Å². The molecule has 0 saturated carbocycles. The molecule has 232 valence electrons. The molecule has 2 atom stereocenters. The van der Waals surface area contributed by atoms with Crippen molar-refractivity contribution in [2.45, 2.75) is 69.0 Å². The number of nitrogens with one attached hydrogen (secondary N) is 1. The van der Waals surface area contributed by atoms with Gasteiger partial charge in [0.15, 0.2) is 5.60 Å². The van der Waals surface area contributed by atoms with Crippen LogP contribution in [0.25, 0.3) is 0 Å². The van der Waals surface area contributed by atoms with Crippen molar-refractivity contribution in [1.82, 2.24) is 0 Å². The summed E-state index contributed by atoms with van der Waals surface area (Å²) in [4.78, 5) is 11.9. The van der Waals surface area contributed by atoms with Gasteiger partial charge in [-0.15, -0.1) is 13.2 Å². The lowest BCUT2D eigenvalue weighted by molar-refractivity contribution is -0.218. The second-order valence-electron chi connectivity index (χ2n) is 10.5. The number of anilines is 2. The first kappa shape index (κ1) is 32.1. The second kappa shape index (κ2) is 11.7. The van der Waals surface area contributed by atoms with Crippen LogP contribution in [-0.2, 0) is 33.3 Å². The SMILES string of the molecule is CCCNc1c(CCC)c(S(N)(=O)=O)c(Cc2ccccc2)c2c1N(C(F)(F)F)C(O)(C(=O)O)C2(C)Oc1ccccc1. The van der Waals surface area contributed by atoms with Crippen molar-refractivity contribution < 1.29 is 41.3 Å². The summed E-state index contributed by atoms with van der Waals surface area (Å²) in [7, 11) is -4.63. The first-order valence-corrected chi connectivity index (χ1v) is 15.3. The quantitative estimate of drug-likeness (QED) is 0.217. The number of carbonyl (C=O) groups is 1. The lowest BCUT2D eigenvalue weighted by atomic mass is 9.82. The number of aliphatic carboxylic acids is 1. The number of carboxylic acid groups (broad SMARTS) is 1. The molecule has 0 aliphatic carbocycles. The van der Waals surface area contributed by atoms with Crippen molar-refractivity contribution in [2.24, 2.45) is 5.14 Å². The number of sulfonamides is 1. The molecule has 1 aliphatic rings. The highest BCUT2D eigenvalue weighted by atomic mass is 32.2. The zero-order chi connectivity index (χ0) is 31.8. The monoisotopic (exact) mass is 621 g/mol. The van der Waals surface area contributed by atoms with E-state index in [9.17, 15) is 23.4 Å². The minimum atomic E-state index is -5.46. The van der Waals surface area contributed by atoms with Gasteiger partial charge < -0.3 is 20.3 Å². The summed E-state index contributed by atoms with van der Waals surface area (Å²) in [5, 5.41) is 31.0. The molecule has 0 radical (unpaired) electrons. The molecular weight excluding hydrogens is 587 g/mol. The fourth-order valence-electron chi connectivity index (χ4n) is 5.80. The van der Waals surface area contributed by atoms with E-state index in [0.29, 0.717) is 18.4 Å². The molecule has 0 aromatic heterocycles. The van der Waals surface area contributed by atoms with E-state index in [-0.39, 0.29) is 42.0 Å². The first-order valence-electron chi connectivity index (χ1n) is 13.7. The van der Waals surface area contributed by atoms with Gasteiger partial charge in [-0.2, -0.15) is 0 Å². The number of primary sulfonamides is 1. The highest BCUT2D eigenvalue weighted by Gasteiger charge is 2.74. The minimum Gasteiger partial charge on any atom is -0.478 e. The van der Waals surface area contributed by atoms with Crippen LogP contribution >= 0.6 is 0 Å². The molecule has 0 amide bonds. The van der Waals surface area contributed by atoms with E-state index in [4.69, 9.17) is 9.88 Å². The third-order valence-corrected chi connectivity index (χ3v) is 8.55. The summed E-state index contributed by atoms with van der Waals surface area (Å²) in [6.07, 6.45) is -4.97. The number of halogens is 3. The van der Waals surface area contributed by atoms with Crippen molar-refractivity contribution in [3.8, 4) is 5.75 Å². The number of rotatable bonds is 11. The van der Waals surface area contributed by atoms with Gasteiger partial charge in [0, 0.05) is 12.1 Å². The van der Waals surface area contributed by atoms with E-state index in [0.717, 1.165) is 6.92 Å². The molecule has 1 aliphatic heterocycles. The molecule has 1 heterocycles. The Labute approximate surface area is 248 Å². The highest BCUT2D eigenvalue weighted by molar-refractivity contribution is 7.89. The van der Waals surface area contributed by atoms with Gasteiger partial charge in [0.05, 0.1) is 16.3 Å². The molecule has 43 heavy (non-hydrogen) atoms. The molecule has 3 aromatic carbocycles. The smallest absolute Gasteiger partial charge is 0.478 e. The van der Waals surface area contributed by atoms with Gasteiger partial charge in [-0.1, -0.05) is 68.8 Å². The average Bonchev–Trinajstić information content (AvgIpc) is 3.13. The van der Waals surface area contributed by atoms with Crippen LogP contribution in [0, 0.1) is 0 Å². The molecule has 3 aromatic rings. The van der Waals surface area contributed by atoms with Gasteiger partial charge in [0.25, 0.3) is 5.72 Å². The van der Waals surface area contributed by atoms with Gasteiger partial charge in [-0.3, -0.25) is 0 Å². The minimum absolute atomic E-state index is 0.0136. The lowest BCUT2D eigenvalue weighted by Gasteiger charge is -2.41. The Kier molecular flexibility index (Phi) is 8.74. The molecule has 0 bridgehead atoms. The number of fused-ring (bicyclic) bond motifs is 1. The summed E-state index contributed by atoms with van der Waals surface area (Å²) in [5.74, 6) is -2.30. The van der Waals surface area contributed by atoms with E-state index in [2.05, 4.69) is 5.32 Å². The van der Waals surface area contributed by atoms with Crippen LogP contribution in [0.2, 0.25) is 0 Å². The highest BCUT2D eigenvalue weighted by Crippen LogP contribution is 2.61. The van der Waals surface area contributed by atoms with Crippen molar-refractivity contribution >= 4 is 27.4 Å². The number of alkyl halides is 3. The molecule has 4 rings (SSSR count). The normalized spacial score (nSPS) is 20.1. The molecule has 0 saturated heterocycles. The zero-order valence-corrected chi connectivity index (χ0v) is 24.7. The fourth-order valence-corrected chi connectivity index (χ4v) is 6.87. The van der Waals surface area contributed by atoms with E-state index < -0.39 is 54.7 Å². The maximum absolute atomic E-state index is 15.2. The third kappa shape index (κ3) is 5.52. The van der Waals surface area contributed by atoms with Crippen molar-refractivity contribution in [3.05, 3.63) is 82.9 Å². The number of carboxylic acids is 1. The average molecular weight is 622 g/mol. The molecule has 0 spiro atoms. The number of para-hydroxylation sites is 1. The van der Waals surface area contributed by atoms with Crippen LogP contribution in [0.1, 0.15) is 55.9 Å². The predicted molar refractivity (Wildman–Crippen MR) is 155 cm³/mol. The molecule has 2 unspecified atom stereocenters. The summed E-state index contributed by atoms with van der Waals surface area (Å²) in [5.41, 5.74) is -7.67. The number of nitrogens with zero attached hydrogens (tertiary/aromatic N) is 1. The van der Waals surface area contributed by atoms with Crippen LogP contribution in [-0.4, -0.2) is 43.2 Å². The van der Waals surface area contributed by atoms with Crippen LogP contribution in [0.4, 0.5) is 24.5 Å². The number of ether oxygens (including phenoxy) is 1. The Morgan fingerprint density at radius 1 is 1.02 bits per heavy atom. The number of nitrogens with two attached hydrogens (primary N) is 1. The van der Waals surface area contributed by atoms with Crippen LogP contribution in [0.3, 0.4) is 0 Å². The second-order valence-corrected chi connectivity index (χ2v) is 12.0. The number of benzene rings is 3. The van der Waals surface area contributed by atoms with E-state index >= 15 is 13.2 Å². The largest absolute Gasteiger partial charge is 0.487 e. The van der Waals surface area contributed by atoms with E-state index in [1.54, 1.807) is 50.2 Å². The number of hydrogen-bond donors (Lipinski definition) is 4. The van der Waals surface area contributed by atoms with E-state index in [1.165, 1.54) is 24.3 Å². The van der Waals surface area contributed by atoms with Crippen LogP contribution < -0.4 is 20.1 Å². The van der Waals surface area contributed by atoms with Gasteiger partial charge in [0.1, 0.15) is 5.75 Å². The Morgan fingerprint density at radius 3 is 2.09 bits per heavy atom. The summed E-state index contributed by atoms with van der Waals surface area (Å²) in [6.45, 7) is 4.61. The topological polar surface area (TPSA) is 142 Å². The number of hydrogen-bond acceptors (Lipinski definition) is 7. The van der Waals surface area contributed by atoms with Gasteiger partial charge in [-0.25, -0.2) is 23.3 Å². The zero-order valence-electron chi connectivity index (χ0n) is 23.9. The molecule has 5 N–H and O–H groups in total. The van der Waals surface area contributed by atoms with Crippen molar-refractivity contribution in [2.75, 3.05) is 16.8 Å². The number of aliphatic hydroxyl groups is 1. The Balaban J connectivity index is 2.31. The maximum atomic E-state index is 15.2. The van der Waals surface area contributed by atoms with E-state index in [1.807, 2.05) is 0 Å². The lowest BCUT2D eigenvalue weighted by Crippen LogP contribution is -2.68. The van der Waals surface area contributed by atoms with Crippen LogP contribution in [0.15, 0.2) is 65.6 Å². The maximum Gasteiger partial charge on any atom is 0.487 e. The van der Waals surface area contributed by atoms with Gasteiger partial charge in [0.2, 0.25) is 10.0 Å². The molecule has 9 nitrogen and oxygen atoms in total. The molecule has 13 heteroatoms. The summed E-state index contributed by atoms with van der Waals surface area (Å²) < 4.78 is 78.4. The van der Waals surface area contributed by atoms with Gasteiger partial charge in [-0.05, 0) is 55.0 Å². The molecular formula is C30H34F3N3O6S. The Hall–Kier alpha value is -3.81. The summed E-state index contributed by atoms with van der Waals surface area (Å²) >= 11 is 0. The fraction of sp³-hybridized carbons (Fsp3) is 0.367. The summed E-state index contributed by atoms with van der Waals surface area (Å²) in [6, 6.07) is 15.8. The van der Waals surface area contributed by atoms with Crippen molar-refractivity contribution in [3.63, 3.8) is 0 Å². The van der Waals surface area contributed by atoms with Crippen molar-refractivity contribution in [1.29, 1.82) is 0 Å². The van der Waals surface area contributed by atoms with Crippen LogP contribution in [0.5, 0.6) is 5.75 Å². The predicted octanol–water partition coefficient (Wildman–Crippen LogP) is 5.11. The Morgan fingerprint density at radius 2 is 1.60 bits per heavy atom.